The largest absolute Gasteiger partial charge is 0.497 e. The summed E-state index contributed by atoms with van der Waals surface area (Å²) in [5.74, 6) is -2.09. The summed E-state index contributed by atoms with van der Waals surface area (Å²) in [6, 6.07) is 7.81. The molecule has 6 heteroatoms. The van der Waals surface area contributed by atoms with Crippen LogP contribution in [0.3, 0.4) is 0 Å². The first-order valence-corrected chi connectivity index (χ1v) is 6.40. The third-order valence-electron chi connectivity index (χ3n) is 2.81. The molecular formula is C15H18N2O4. The molecule has 1 N–H and O–H groups in total. The first kappa shape index (κ1) is 16.7. The van der Waals surface area contributed by atoms with E-state index in [0.717, 1.165) is 0 Å². The molecule has 0 aliphatic heterocycles. The van der Waals surface area contributed by atoms with Crippen LogP contribution < -0.4 is 10.1 Å². The van der Waals surface area contributed by atoms with Gasteiger partial charge in [-0.05, 0) is 19.1 Å². The lowest BCUT2D eigenvalue weighted by molar-refractivity contribution is -0.123. The van der Waals surface area contributed by atoms with Crippen molar-refractivity contribution in [3.8, 4) is 11.8 Å². The number of Topliss-reactive ketones (excluding diaryl/α,β-unsaturated/α-hetero) is 1. The molecule has 0 spiro atoms. The van der Waals surface area contributed by atoms with E-state index in [1.165, 1.54) is 20.3 Å². The van der Waals surface area contributed by atoms with E-state index in [0.29, 0.717) is 12.4 Å². The summed E-state index contributed by atoms with van der Waals surface area (Å²) in [4.78, 5) is 24.2. The third-order valence-corrected chi connectivity index (χ3v) is 2.81. The van der Waals surface area contributed by atoms with Gasteiger partial charge in [-0.3, -0.25) is 9.59 Å². The molecule has 6 nitrogen and oxygen atoms in total. The van der Waals surface area contributed by atoms with Crippen molar-refractivity contribution in [2.75, 3.05) is 20.8 Å². The Hall–Kier alpha value is -2.39. The highest BCUT2D eigenvalue weighted by Gasteiger charge is 2.28. The fourth-order valence-electron chi connectivity index (χ4n) is 1.80. The molecule has 0 aromatic heterocycles. The van der Waals surface area contributed by atoms with Crippen LogP contribution in [0, 0.1) is 17.2 Å². The predicted molar refractivity (Wildman–Crippen MR) is 75.9 cm³/mol. The lowest BCUT2D eigenvalue weighted by Crippen LogP contribution is -2.41. The van der Waals surface area contributed by atoms with Crippen LogP contribution in [0.15, 0.2) is 24.3 Å². The summed E-state index contributed by atoms with van der Waals surface area (Å²) in [5, 5.41) is 11.7. The second kappa shape index (κ2) is 8.02. The van der Waals surface area contributed by atoms with E-state index in [4.69, 9.17) is 14.7 Å². The van der Waals surface area contributed by atoms with E-state index in [9.17, 15) is 9.59 Å². The molecule has 21 heavy (non-hydrogen) atoms. The summed E-state index contributed by atoms with van der Waals surface area (Å²) in [6.45, 7) is 2.03. The van der Waals surface area contributed by atoms with Crippen molar-refractivity contribution < 1.29 is 19.1 Å². The minimum absolute atomic E-state index is 0.260. The number of carbonyl (C=O) groups is 2. The second-order valence-corrected chi connectivity index (χ2v) is 4.52. The van der Waals surface area contributed by atoms with Crippen molar-refractivity contribution in [3.63, 3.8) is 0 Å². The summed E-state index contributed by atoms with van der Waals surface area (Å²) < 4.78 is 9.92. The van der Waals surface area contributed by atoms with Gasteiger partial charge in [-0.2, -0.15) is 5.26 Å². The van der Waals surface area contributed by atoms with Crippen LogP contribution in [0.25, 0.3) is 0 Å². The molecule has 2 unspecified atom stereocenters. The third kappa shape index (κ3) is 4.58. The Labute approximate surface area is 123 Å². The normalized spacial score (nSPS) is 12.9. The molecule has 1 amide bonds. The average Bonchev–Trinajstić information content (AvgIpc) is 2.48. The number of ether oxygens (including phenoxy) is 2. The van der Waals surface area contributed by atoms with E-state index in [1.807, 2.05) is 0 Å². The molecular weight excluding hydrogens is 272 g/mol. The van der Waals surface area contributed by atoms with Crippen LogP contribution >= 0.6 is 0 Å². The molecule has 112 valence electrons. The first-order valence-electron chi connectivity index (χ1n) is 6.40. The summed E-state index contributed by atoms with van der Waals surface area (Å²) in [7, 11) is 2.98. The highest BCUT2D eigenvalue weighted by atomic mass is 16.5. The lowest BCUT2D eigenvalue weighted by Gasteiger charge is -2.15. The minimum Gasteiger partial charge on any atom is -0.497 e. The van der Waals surface area contributed by atoms with E-state index >= 15 is 0 Å². The van der Waals surface area contributed by atoms with Crippen LogP contribution in [0.2, 0.25) is 0 Å². The molecule has 0 radical (unpaired) electrons. The predicted octanol–water partition coefficient (Wildman–Crippen LogP) is 1.17. The monoisotopic (exact) mass is 290 g/mol. The van der Waals surface area contributed by atoms with Crippen LogP contribution in [0.4, 0.5) is 0 Å². The van der Waals surface area contributed by atoms with Crippen molar-refractivity contribution in [3.05, 3.63) is 29.8 Å². The van der Waals surface area contributed by atoms with Gasteiger partial charge in [-0.15, -0.1) is 0 Å². The zero-order chi connectivity index (χ0) is 15.8. The second-order valence-electron chi connectivity index (χ2n) is 4.52. The van der Waals surface area contributed by atoms with Gasteiger partial charge in [0.05, 0.1) is 19.8 Å². The Morgan fingerprint density at radius 1 is 1.38 bits per heavy atom. The standard InChI is InChI=1S/C15H18N2O4/c1-10(9-20-2)17-15(19)13(8-16)14(18)11-5-4-6-12(7-11)21-3/h4-7,10,13H,9H2,1-3H3,(H,17,19). The van der Waals surface area contributed by atoms with Crippen molar-refractivity contribution in [1.29, 1.82) is 5.26 Å². The molecule has 2 atom stereocenters. The maximum Gasteiger partial charge on any atom is 0.245 e. The van der Waals surface area contributed by atoms with Crippen LogP contribution in [-0.2, 0) is 9.53 Å². The number of nitrogens with zero attached hydrogens (tertiary/aromatic N) is 1. The van der Waals surface area contributed by atoms with Gasteiger partial charge in [-0.25, -0.2) is 0 Å². The summed E-state index contributed by atoms with van der Waals surface area (Å²) >= 11 is 0. The highest BCUT2D eigenvalue weighted by Crippen LogP contribution is 2.16. The molecule has 0 aliphatic carbocycles. The van der Waals surface area contributed by atoms with Crippen molar-refractivity contribution in [2.24, 2.45) is 5.92 Å². The van der Waals surface area contributed by atoms with Crippen LogP contribution in [0.1, 0.15) is 17.3 Å². The SMILES string of the molecule is COCC(C)NC(=O)C(C#N)C(=O)c1cccc(OC)c1. The Balaban J connectivity index is 2.86. The zero-order valence-corrected chi connectivity index (χ0v) is 12.3. The zero-order valence-electron chi connectivity index (χ0n) is 12.3. The Morgan fingerprint density at radius 2 is 2.10 bits per heavy atom. The number of benzene rings is 1. The molecule has 0 saturated heterocycles. The number of hydrogen-bond donors (Lipinski definition) is 1. The lowest BCUT2D eigenvalue weighted by atomic mass is 9.97. The molecule has 0 saturated carbocycles. The quantitative estimate of drug-likeness (QED) is 0.601. The number of nitrogens with one attached hydrogen (secondary N) is 1. The number of amides is 1. The fourth-order valence-corrected chi connectivity index (χ4v) is 1.80. The Kier molecular flexibility index (Phi) is 6.37. The van der Waals surface area contributed by atoms with Gasteiger partial charge >= 0.3 is 0 Å². The van der Waals surface area contributed by atoms with Gasteiger partial charge in [0, 0.05) is 18.7 Å². The van der Waals surface area contributed by atoms with Crippen molar-refractivity contribution in [1.82, 2.24) is 5.32 Å². The van der Waals surface area contributed by atoms with Gasteiger partial charge in [0.25, 0.3) is 0 Å². The fraction of sp³-hybridized carbons (Fsp3) is 0.400. The number of nitriles is 1. The van der Waals surface area contributed by atoms with Gasteiger partial charge in [0.1, 0.15) is 5.75 Å². The minimum atomic E-state index is -1.39. The number of rotatable bonds is 7. The number of ketones is 1. The average molecular weight is 290 g/mol. The van der Waals surface area contributed by atoms with Crippen molar-refractivity contribution in [2.45, 2.75) is 13.0 Å². The summed E-state index contributed by atoms with van der Waals surface area (Å²) in [6.07, 6.45) is 0. The molecule has 1 aromatic carbocycles. The molecule has 0 aliphatic rings. The van der Waals surface area contributed by atoms with Gasteiger partial charge in [0.15, 0.2) is 11.7 Å². The topological polar surface area (TPSA) is 88.4 Å². The maximum atomic E-state index is 12.3. The first-order chi connectivity index (χ1) is 10.0. The molecule has 0 heterocycles. The van der Waals surface area contributed by atoms with Gasteiger partial charge in [0.2, 0.25) is 5.91 Å². The summed E-state index contributed by atoms with van der Waals surface area (Å²) in [5.41, 5.74) is 0.260. The maximum absolute atomic E-state index is 12.3. The number of carbonyl (C=O) groups excluding carboxylic acids is 2. The van der Waals surface area contributed by atoms with E-state index in [1.54, 1.807) is 31.2 Å². The van der Waals surface area contributed by atoms with E-state index in [-0.39, 0.29) is 11.6 Å². The van der Waals surface area contributed by atoms with E-state index < -0.39 is 17.6 Å². The molecule has 1 rings (SSSR count). The number of methoxy groups -OCH3 is 2. The molecule has 0 fully saturated rings. The molecule has 0 bridgehead atoms. The van der Waals surface area contributed by atoms with Gasteiger partial charge in [-0.1, -0.05) is 12.1 Å². The highest BCUT2D eigenvalue weighted by molar-refractivity contribution is 6.12. The Bertz CT molecular complexity index is 551. The molecule has 1 aromatic rings. The number of hydrogen-bond acceptors (Lipinski definition) is 5. The van der Waals surface area contributed by atoms with E-state index in [2.05, 4.69) is 5.32 Å². The van der Waals surface area contributed by atoms with Gasteiger partial charge < -0.3 is 14.8 Å². The van der Waals surface area contributed by atoms with Crippen LogP contribution in [0.5, 0.6) is 5.75 Å². The smallest absolute Gasteiger partial charge is 0.245 e. The van der Waals surface area contributed by atoms with Crippen molar-refractivity contribution >= 4 is 11.7 Å². The van der Waals surface area contributed by atoms with Crippen LogP contribution in [-0.4, -0.2) is 38.6 Å². The Morgan fingerprint density at radius 3 is 2.67 bits per heavy atom.